The molecule has 0 atom stereocenters. The highest BCUT2D eigenvalue weighted by atomic mass is 19.4. The van der Waals surface area contributed by atoms with Gasteiger partial charge in [0.2, 0.25) is 0 Å². The fourth-order valence-corrected chi connectivity index (χ4v) is 1.02. The van der Waals surface area contributed by atoms with Crippen molar-refractivity contribution in [3.05, 3.63) is 29.6 Å². The van der Waals surface area contributed by atoms with E-state index in [-0.39, 0.29) is 12.2 Å². The molecule has 0 saturated carbocycles. The third-order valence-electron chi connectivity index (χ3n) is 1.64. The maximum atomic E-state index is 11.8. The minimum absolute atomic E-state index is 0.0176. The van der Waals surface area contributed by atoms with Crippen LogP contribution in [0.2, 0.25) is 0 Å². The molecule has 0 radical (unpaired) electrons. The van der Waals surface area contributed by atoms with Gasteiger partial charge in [0.15, 0.2) is 0 Å². The summed E-state index contributed by atoms with van der Waals surface area (Å²) in [6, 6.07) is 4.95. The summed E-state index contributed by atoms with van der Waals surface area (Å²) in [4.78, 5) is 3.73. The van der Waals surface area contributed by atoms with Crippen LogP contribution in [0.1, 0.15) is 11.3 Å². The fourth-order valence-electron chi connectivity index (χ4n) is 1.02. The summed E-state index contributed by atoms with van der Waals surface area (Å²) in [5.41, 5.74) is 0.608. The summed E-state index contributed by atoms with van der Waals surface area (Å²) in [6.07, 6.45) is -2.82. The molecule has 0 saturated heterocycles. The number of nitrogens with zero attached hydrogens (tertiary/aromatic N) is 2. The lowest BCUT2D eigenvalue weighted by molar-refractivity contribution is -0.125. The van der Waals surface area contributed by atoms with E-state index in [1.165, 1.54) is 6.20 Å². The Morgan fingerprint density at radius 2 is 2.20 bits per heavy atom. The molecule has 0 spiro atoms. The lowest BCUT2D eigenvalue weighted by Crippen LogP contribution is -2.28. The normalized spacial score (nSPS) is 11.1. The van der Waals surface area contributed by atoms with Crippen LogP contribution in [0.4, 0.5) is 13.2 Å². The molecule has 0 fully saturated rings. The molecule has 0 unspecified atom stereocenters. The third-order valence-corrected chi connectivity index (χ3v) is 1.64. The lowest BCUT2D eigenvalue weighted by Gasteiger charge is -2.08. The van der Waals surface area contributed by atoms with Gasteiger partial charge in [-0.25, -0.2) is 4.98 Å². The van der Waals surface area contributed by atoms with Crippen LogP contribution in [0.25, 0.3) is 0 Å². The van der Waals surface area contributed by atoms with Crippen molar-refractivity contribution in [2.24, 2.45) is 0 Å². The Bertz CT molecular complexity index is 368. The second-order valence-electron chi connectivity index (χ2n) is 2.84. The van der Waals surface area contributed by atoms with Crippen LogP contribution in [-0.4, -0.2) is 17.7 Å². The summed E-state index contributed by atoms with van der Waals surface area (Å²) < 4.78 is 35.4. The quantitative estimate of drug-likeness (QED) is 0.833. The number of nitriles is 1. The van der Waals surface area contributed by atoms with Crippen molar-refractivity contribution in [1.29, 1.82) is 5.26 Å². The minimum Gasteiger partial charge on any atom is -0.304 e. The van der Waals surface area contributed by atoms with Crippen molar-refractivity contribution in [2.75, 3.05) is 6.54 Å². The van der Waals surface area contributed by atoms with Crippen molar-refractivity contribution in [1.82, 2.24) is 10.3 Å². The van der Waals surface area contributed by atoms with Gasteiger partial charge in [0.05, 0.1) is 6.54 Å². The zero-order chi connectivity index (χ0) is 11.3. The third kappa shape index (κ3) is 3.95. The number of hydrogen-bond acceptors (Lipinski definition) is 3. The molecule has 0 aliphatic carbocycles. The van der Waals surface area contributed by atoms with Gasteiger partial charge in [-0.1, -0.05) is 6.07 Å². The topological polar surface area (TPSA) is 48.7 Å². The summed E-state index contributed by atoms with van der Waals surface area (Å²) >= 11 is 0. The Balaban J connectivity index is 2.55. The largest absolute Gasteiger partial charge is 0.401 e. The Labute approximate surface area is 84.5 Å². The highest BCUT2D eigenvalue weighted by molar-refractivity contribution is 5.30. The standard InChI is InChI=1S/C9H8F3N3/c10-9(11,12)6-14-5-7-2-1-3-15-8(7)4-13/h1-3,14H,5-6H2. The molecule has 1 aromatic heterocycles. The van der Waals surface area contributed by atoms with Gasteiger partial charge in [-0.2, -0.15) is 18.4 Å². The maximum absolute atomic E-state index is 11.8. The van der Waals surface area contributed by atoms with Crippen LogP contribution in [0.15, 0.2) is 18.3 Å². The minimum atomic E-state index is -4.24. The first-order valence-electron chi connectivity index (χ1n) is 4.14. The summed E-state index contributed by atoms with van der Waals surface area (Å²) in [5.74, 6) is 0. The van der Waals surface area contributed by atoms with Gasteiger partial charge in [0.25, 0.3) is 0 Å². The predicted octanol–water partition coefficient (Wildman–Crippen LogP) is 1.61. The van der Waals surface area contributed by atoms with Crippen LogP contribution in [-0.2, 0) is 6.54 Å². The molecule has 0 aromatic carbocycles. The molecule has 1 rings (SSSR count). The molecule has 0 amide bonds. The van der Waals surface area contributed by atoms with Gasteiger partial charge in [0, 0.05) is 18.3 Å². The van der Waals surface area contributed by atoms with E-state index in [4.69, 9.17) is 5.26 Å². The first-order valence-corrected chi connectivity index (χ1v) is 4.14. The Morgan fingerprint density at radius 1 is 1.47 bits per heavy atom. The van der Waals surface area contributed by atoms with E-state index in [2.05, 4.69) is 10.3 Å². The molecule has 3 nitrogen and oxygen atoms in total. The SMILES string of the molecule is N#Cc1ncccc1CNCC(F)(F)F. The average Bonchev–Trinajstić information content (AvgIpc) is 2.16. The maximum Gasteiger partial charge on any atom is 0.401 e. The van der Waals surface area contributed by atoms with Crippen LogP contribution >= 0.6 is 0 Å². The number of alkyl halides is 3. The predicted molar refractivity (Wildman–Crippen MR) is 46.7 cm³/mol. The number of rotatable bonds is 3. The Morgan fingerprint density at radius 3 is 2.80 bits per heavy atom. The van der Waals surface area contributed by atoms with Crippen LogP contribution in [0.5, 0.6) is 0 Å². The van der Waals surface area contributed by atoms with Gasteiger partial charge in [-0.3, -0.25) is 0 Å². The van der Waals surface area contributed by atoms with Crippen LogP contribution < -0.4 is 5.32 Å². The van der Waals surface area contributed by atoms with Gasteiger partial charge in [0.1, 0.15) is 11.8 Å². The number of nitrogens with one attached hydrogen (secondary N) is 1. The molecule has 0 aliphatic heterocycles. The molecular formula is C9H8F3N3. The number of aromatic nitrogens is 1. The zero-order valence-corrected chi connectivity index (χ0v) is 7.67. The first-order chi connectivity index (χ1) is 7.03. The van der Waals surface area contributed by atoms with Crippen molar-refractivity contribution >= 4 is 0 Å². The number of pyridine rings is 1. The lowest BCUT2D eigenvalue weighted by atomic mass is 10.2. The van der Waals surface area contributed by atoms with Gasteiger partial charge in [-0.05, 0) is 6.07 Å². The van der Waals surface area contributed by atoms with Gasteiger partial charge in [-0.15, -0.1) is 0 Å². The van der Waals surface area contributed by atoms with E-state index in [1.807, 2.05) is 6.07 Å². The second kappa shape index (κ2) is 4.75. The molecule has 80 valence electrons. The van der Waals surface area contributed by atoms with Crippen molar-refractivity contribution in [2.45, 2.75) is 12.7 Å². The van der Waals surface area contributed by atoms with E-state index in [0.717, 1.165) is 0 Å². The van der Waals surface area contributed by atoms with Crippen molar-refractivity contribution < 1.29 is 13.2 Å². The van der Waals surface area contributed by atoms with E-state index >= 15 is 0 Å². The summed E-state index contributed by atoms with van der Waals surface area (Å²) in [7, 11) is 0. The summed E-state index contributed by atoms with van der Waals surface area (Å²) in [5, 5.41) is 10.8. The molecule has 0 bridgehead atoms. The Kier molecular flexibility index (Phi) is 3.63. The molecule has 1 heterocycles. The number of halogens is 3. The smallest absolute Gasteiger partial charge is 0.304 e. The monoisotopic (exact) mass is 215 g/mol. The number of hydrogen-bond donors (Lipinski definition) is 1. The molecule has 1 N–H and O–H groups in total. The Hall–Kier alpha value is -1.61. The van der Waals surface area contributed by atoms with E-state index < -0.39 is 12.7 Å². The van der Waals surface area contributed by atoms with Gasteiger partial charge >= 0.3 is 6.18 Å². The van der Waals surface area contributed by atoms with Gasteiger partial charge < -0.3 is 5.32 Å². The fraction of sp³-hybridized carbons (Fsp3) is 0.333. The molecule has 15 heavy (non-hydrogen) atoms. The van der Waals surface area contributed by atoms with Crippen molar-refractivity contribution in [3.63, 3.8) is 0 Å². The second-order valence-corrected chi connectivity index (χ2v) is 2.84. The highest BCUT2D eigenvalue weighted by Crippen LogP contribution is 2.13. The van der Waals surface area contributed by atoms with E-state index in [9.17, 15) is 13.2 Å². The molecular weight excluding hydrogens is 207 g/mol. The zero-order valence-electron chi connectivity index (χ0n) is 7.67. The van der Waals surface area contributed by atoms with Crippen molar-refractivity contribution in [3.8, 4) is 6.07 Å². The summed E-state index contributed by atoms with van der Waals surface area (Å²) in [6.45, 7) is -1.09. The first kappa shape index (κ1) is 11.5. The molecule has 1 aromatic rings. The highest BCUT2D eigenvalue weighted by Gasteiger charge is 2.26. The van der Waals surface area contributed by atoms with Crippen LogP contribution in [0.3, 0.4) is 0 Å². The van der Waals surface area contributed by atoms with E-state index in [1.54, 1.807) is 12.1 Å². The van der Waals surface area contributed by atoms with E-state index in [0.29, 0.717) is 5.56 Å². The average molecular weight is 215 g/mol. The molecule has 0 aliphatic rings. The van der Waals surface area contributed by atoms with Crippen LogP contribution in [0, 0.1) is 11.3 Å². The molecule has 6 heteroatoms.